The summed E-state index contributed by atoms with van der Waals surface area (Å²) in [6.07, 6.45) is 2.57. The highest BCUT2D eigenvalue weighted by atomic mass is 16.5. The first-order chi connectivity index (χ1) is 10.2. The third-order valence-electron chi connectivity index (χ3n) is 4.23. The van der Waals surface area contributed by atoms with Gasteiger partial charge in [-0.1, -0.05) is 13.0 Å². The van der Waals surface area contributed by atoms with Crippen molar-refractivity contribution < 1.29 is 4.74 Å². The number of ether oxygens (including phenoxy) is 1. The Morgan fingerprint density at radius 3 is 3.14 bits per heavy atom. The molecular formula is C17H25N3O. The molecule has 0 saturated carbocycles. The van der Waals surface area contributed by atoms with Gasteiger partial charge in [-0.15, -0.1) is 0 Å². The average Bonchev–Trinajstić information content (AvgIpc) is 2.53. The molecule has 1 N–H and O–H groups in total. The van der Waals surface area contributed by atoms with E-state index in [0.717, 1.165) is 18.0 Å². The van der Waals surface area contributed by atoms with Crippen LogP contribution in [0.5, 0.6) is 5.75 Å². The van der Waals surface area contributed by atoms with Crippen molar-refractivity contribution >= 4 is 5.69 Å². The standard InChI is InChI=1S/C17H25N3O/c1-3-20-10-5-6-15(13-20)14(2)19-16-7-4-8-17(12-16)21-11-9-18/h4,7-8,12,14-15,19H,3,5-6,10-11,13H2,1-2H3. The van der Waals surface area contributed by atoms with E-state index in [-0.39, 0.29) is 6.61 Å². The zero-order chi connectivity index (χ0) is 15.1. The molecule has 2 rings (SSSR count). The number of hydrogen-bond acceptors (Lipinski definition) is 4. The van der Waals surface area contributed by atoms with E-state index in [2.05, 4.69) is 30.1 Å². The van der Waals surface area contributed by atoms with Gasteiger partial charge in [-0.05, 0) is 50.9 Å². The third-order valence-corrected chi connectivity index (χ3v) is 4.23. The minimum atomic E-state index is 0.0904. The molecule has 2 unspecified atom stereocenters. The molecule has 21 heavy (non-hydrogen) atoms. The molecule has 0 aliphatic carbocycles. The normalized spacial score (nSPS) is 20.5. The van der Waals surface area contributed by atoms with Crippen LogP contribution in [0.2, 0.25) is 0 Å². The molecule has 1 saturated heterocycles. The van der Waals surface area contributed by atoms with Crippen molar-refractivity contribution in [3.05, 3.63) is 24.3 Å². The van der Waals surface area contributed by atoms with E-state index in [1.165, 1.54) is 25.9 Å². The largest absolute Gasteiger partial charge is 0.479 e. The number of hydrogen-bond donors (Lipinski definition) is 1. The van der Waals surface area contributed by atoms with Gasteiger partial charge < -0.3 is 15.0 Å². The van der Waals surface area contributed by atoms with Crippen LogP contribution in [0.15, 0.2) is 24.3 Å². The van der Waals surface area contributed by atoms with Crippen LogP contribution in [0.1, 0.15) is 26.7 Å². The molecule has 4 heteroatoms. The Hall–Kier alpha value is -1.73. The molecule has 2 atom stereocenters. The lowest BCUT2D eigenvalue weighted by molar-refractivity contribution is 0.172. The third kappa shape index (κ3) is 4.64. The van der Waals surface area contributed by atoms with Gasteiger partial charge in [0.15, 0.2) is 6.61 Å². The number of piperidine rings is 1. The summed E-state index contributed by atoms with van der Waals surface area (Å²) in [4.78, 5) is 2.53. The maximum atomic E-state index is 8.57. The minimum absolute atomic E-state index is 0.0904. The van der Waals surface area contributed by atoms with Crippen LogP contribution in [-0.2, 0) is 0 Å². The lowest BCUT2D eigenvalue weighted by atomic mass is 9.91. The van der Waals surface area contributed by atoms with Crippen molar-refractivity contribution in [2.24, 2.45) is 5.92 Å². The summed E-state index contributed by atoms with van der Waals surface area (Å²) in [6, 6.07) is 10.3. The van der Waals surface area contributed by atoms with Crippen LogP contribution in [0, 0.1) is 17.2 Å². The van der Waals surface area contributed by atoms with E-state index in [0.29, 0.717) is 12.0 Å². The van der Waals surface area contributed by atoms with Crippen LogP contribution in [0.25, 0.3) is 0 Å². The van der Waals surface area contributed by atoms with E-state index in [1.807, 2.05) is 24.3 Å². The van der Waals surface area contributed by atoms with Crippen LogP contribution in [0.4, 0.5) is 5.69 Å². The summed E-state index contributed by atoms with van der Waals surface area (Å²) in [7, 11) is 0. The Labute approximate surface area is 127 Å². The summed E-state index contributed by atoms with van der Waals surface area (Å²) in [5.41, 5.74) is 1.06. The molecule has 0 bridgehead atoms. The molecule has 0 spiro atoms. The Morgan fingerprint density at radius 1 is 1.52 bits per heavy atom. The molecule has 1 aromatic carbocycles. The molecule has 0 amide bonds. The van der Waals surface area contributed by atoms with Gasteiger partial charge in [-0.25, -0.2) is 0 Å². The van der Waals surface area contributed by atoms with Crippen molar-refractivity contribution in [2.45, 2.75) is 32.7 Å². The molecule has 1 fully saturated rings. The molecular weight excluding hydrogens is 262 g/mol. The molecule has 4 nitrogen and oxygen atoms in total. The molecule has 1 aromatic rings. The lowest BCUT2D eigenvalue weighted by Crippen LogP contribution is -2.41. The summed E-state index contributed by atoms with van der Waals surface area (Å²) in [6.45, 7) is 8.13. The highest BCUT2D eigenvalue weighted by molar-refractivity contribution is 5.48. The van der Waals surface area contributed by atoms with Gasteiger partial charge in [0.05, 0.1) is 0 Å². The fourth-order valence-electron chi connectivity index (χ4n) is 2.96. The van der Waals surface area contributed by atoms with Crippen molar-refractivity contribution in [1.29, 1.82) is 5.26 Å². The summed E-state index contributed by atoms with van der Waals surface area (Å²) < 4.78 is 5.35. The zero-order valence-corrected chi connectivity index (χ0v) is 13.0. The molecule has 1 aliphatic rings. The second kappa shape index (κ2) is 7.90. The summed E-state index contributed by atoms with van der Waals surface area (Å²) in [5.74, 6) is 1.43. The first kappa shape index (κ1) is 15.7. The monoisotopic (exact) mass is 287 g/mol. The maximum absolute atomic E-state index is 8.57. The maximum Gasteiger partial charge on any atom is 0.174 e. The smallest absolute Gasteiger partial charge is 0.174 e. The molecule has 114 valence electrons. The Morgan fingerprint density at radius 2 is 2.38 bits per heavy atom. The first-order valence-corrected chi connectivity index (χ1v) is 7.81. The van der Waals surface area contributed by atoms with Crippen molar-refractivity contribution in [2.75, 3.05) is 31.6 Å². The molecule has 1 heterocycles. The number of nitriles is 1. The topological polar surface area (TPSA) is 48.3 Å². The Balaban J connectivity index is 1.92. The van der Waals surface area contributed by atoms with E-state index < -0.39 is 0 Å². The van der Waals surface area contributed by atoms with Crippen LogP contribution in [0.3, 0.4) is 0 Å². The van der Waals surface area contributed by atoms with Crippen LogP contribution >= 0.6 is 0 Å². The Bertz CT molecular complexity index is 483. The highest BCUT2D eigenvalue weighted by Crippen LogP contribution is 2.24. The highest BCUT2D eigenvalue weighted by Gasteiger charge is 2.23. The fourth-order valence-corrected chi connectivity index (χ4v) is 2.96. The van der Waals surface area contributed by atoms with Gasteiger partial charge in [0.25, 0.3) is 0 Å². The molecule has 0 aromatic heterocycles. The first-order valence-electron chi connectivity index (χ1n) is 7.81. The van der Waals surface area contributed by atoms with Crippen LogP contribution in [-0.4, -0.2) is 37.2 Å². The van der Waals surface area contributed by atoms with Gasteiger partial charge in [-0.3, -0.25) is 0 Å². The number of rotatable bonds is 6. The summed E-state index contributed by atoms with van der Waals surface area (Å²) >= 11 is 0. The predicted octanol–water partition coefficient (Wildman–Crippen LogP) is 3.12. The summed E-state index contributed by atoms with van der Waals surface area (Å²) in [5, 5.41) is 12.1. The second-order valence-corrected chi connectivity index (χ2v) is 5.70. The quantitative estimate of drug-likeness (QED) is 0.873. The van der Waals surface area contributed by atoms with E-state index in [1.54, 1.807) is 0 Å². The number of anilines is 1. The Kier molecular flexibility index (Phi) is 5.89. The lowest BCUT2D eigenvalue weighted by Gasteiger charge is -2.35. The zero-order valence-electron chi connectivity index (χ0n) is 13.0. The van der Waals surface area contributed by atoms with Gasteiger partial charge in [0.1, 0.15) is 11.8 Å². The van der Waals surface area contributed by atoms with E-state index in [9.17, 15) is 0 Å². The number of nitrogens with one attached hydrogen (secondary N) is 1. The van der Waals surface area contributed by atoms with Gasteiger partial charge >= 0.3 is 0 Å². The minimum Gasteiger partial charge on any atom is -0.479 e. The van der Waals surface area contributed by atoms with E-state index in [4.69, 9.17) is 10.00 Å². The van der Waals surface area contributed by atoms with Gasteiger partial charge in [0, 0.05) is 24.3 Å². The van der Waals surface area contributed by atoms with Crippen molar-refractivity contribution in [3.8, 4) is 11.8 Å². The van der Waals surface area contributed by atoms with Crippen molar-refractivity contribution in [3.63, 3.8) is 0 Å². The molecule has 0 radical (unpaired) electrons. The fraction of sp³-hybridized carbons (Fsp3) is 0.588. The number of nitrogens with zero attached hydrogens (tertiary/aromatic N) is 2. The van der Waals surface area contributed by atoms with Crippen LogP contribution < -0.4 is 10.1 Å². The van der Waals surface area contributed by atoms with Gasteiger partial charge in [0.2, 0.25) is 0 Å². The predicted molar refractivity (Wildman–Crippen MR) is 85.5 cm³/mol. The van der Waals surface area contributed by atoms with Crippen molar-refractivity contribution in [1.82, 2.24) is 4.90 Å². The SMILES string of the molecule is CCN1CCCC(C(C)Nc2cccc(OCC#N)c2)C1. The average molecular weight is 287 g/mol. The number of likely N-dealkylation sites (tertiary alicyclic amines) is 1. The molecule has 1 aliphatic heterocycles. The van der Waals surface area contributed by atoms with Gasteiger partial charge in [-0.2, -0.15) is 5.26 Å². The second-order valence-electron chi connectivity index (χ2n) is 5.70. The number of benzene rings is 1. The van der Waals surface area contributed by atoms with E-state index >= 15 is 0 Å².